The number of para-hydroxylation sites is 1. The van der Waals surface area contributed by atoms with Gasteiger partial charge in [-0.25, -0.2) is 0 Å². The van der Waals surface area contributed by atoms with Crippen molar-refractivity contribution in [1.29, 1.82) is 0 Å². The first-order valence-electron chi connectivity index (χ1n) is 7.82. The lowest BCUT2D eigenvalue weighted by Crippen LogP contribution is -2.33. The lowest BCUT2D eigenvalue weighted by molar-refractivity contribution is 0.262. The summed E-state index contributed by atoms with van der Waals surface area (Å²) >= 11 is 0. The number of ether oxygens (including phenoxy) is 1. The van der Waals surface area contributed by atoms with Crippen molar-refractivity contribution in [2.45, 2.75) is 31.7 Å². The Morgan fingerprint density at radius 1 is 1.10 bits per heavy atom. The zero-order valence-corrected chi connectivity index (χ0v) is 12.6. The molecule has 2 nitrogen and oxygen atoms in total. The second kappa shape index (κ2) is 6.77. The number of rotatable bonds is 5. The van der Waals surface area contributed by atoms with Crippen LogP contribution in [0.4, 0.5) is 0 Å². The molecule has 2 aromatic carbocycles. The monoisotopic (exact) mass is 281 g/mol. The van der Waals surface area contributed by atoms with E-state index in [-0.39, 0.29) is 0 Å². The van der Waals surface area contributed by atoms with Gasteiger partial charge in [-0.1, -0.05) is 48.5 Å². The standard InChI is InChI=1S/C19H23NO/c1-15(13-16-7-3-2-4-8-16)20-14-17-11-12-21-19-10-6-5-9-18(17)19/h2-10,15,17,20H,11-14H2,1H3. The second-order valence-electron chi connectivity index (χ2n) is 5.87. The van der Waals surface area contributed by atoms with Crippen LogP contribution in [0.2, 0.25) is 0 Å². The topological polar surface area (TPSA) is 21.3 Å². The maximum Gasteiger partial charge on any atom is 0.122 e. The summed E-state index contributed by atoms with van der Waals surface area (Å²) < 4.78 is 5.73. The fourth-order valence-electron chi connectivity index (χ4n) is 3.01. The summed E-state index contributed by atoms with van der Waals surface area (Å²) in [6.45, 7) is 4.11. The molecule has 0 bridgehead atoms. The maximum absolute atomic E-state index is 5.73. The van der Waals surface area contributed by atoms with E-state index in [0.717, 1.165) is 31.7 Å². The van der Waals surface area contributed by atoms with Crippen molar-refractivity contribution < 1.29 is 4.74 Å². The first-order chi connectivity index (χ1) is 10.3. The zero-order chi connectivity index (χ0) is 14.5. The summed E-state index contributed by atoms with van der Waals surface area (Å²) in [6.07, 6.45) is 2.17. The molecule has 1 aliphatic rings. The smallest absolute Gasteiger partial charge is 0.122 e. The lowest BCUT2D eigenvalue weighted by Gasteiger charge is -2.27. The molecule has 1 aliphatic heterocycles. The summed E-state index contributed by atoms with van der Waals surface area (Å²) in [7, 11) is 0. The molecule has 1 heterocycles. The van der Waals surface area contributed by atoms with Crippen LogP contribution in [0.5, 0.6) is 5.75 Å². The molecule has 0 fully saturated rings. The first-order valence-corrected chi connectivity index (χ1v) is 7.82. The Morgan fingerprint density at radius 3 is 2.71 bits per heavy atom. The average Bonchev–Trinajstić information content (AvgIpc) is 2.54. The number of benzene rings is 2. The van der Waals surface area contributed by atoms with Gasteiger partial charge < -0.3 is 10.1 Å². The lowest BCUT2D eigenvalue weighted by atomic mass is 9.92. The molecule has 110 valence electrons. The van der Waals surface area contributed by atoms with Gasteiger partial charge in [0.05, 0.1) is 6.61 Å². The van der Waals surface area contributed by atoms with Gasteiger partial charge in [0, 0.05) is 18.5 Å². The Morgan fingerprint density at radius 2 is 1.86 bits per heavy atom. The predicted molar refractivity (Wildman–Crippen MR) is 86.9 cm³/mol. The summed E-state index contributed by atoms with van der Waals surface area (Å²) in [5, 5.41) is 3.69. The average molecular weight is 281 g/mol. The largest absolute Gasteiger partial charge is 0.493 e. The Bertz CT molecular complexity index is 567. The molecule has 2 unspecified atom stereocenters. The minimum Gasteiger partial charge on any atom is -0.493 e. The van der Waals surface area contributed by atoms with Gasteiger partial charge >= 0.3 is 0 Å². The van der Waals surface area contributed by atoms with Crippen molar-refractivity contribution in [2.24, 2.45) is 0 Å². The number of nitrogens with one attached hydrogen (secondary N) is 1. The van der Waals surface area contributed by atoms with E-state index < -0.39 is 0 Å². The van der Waals surface area contributed by atoms with E-state index in [1.54, 1.807) is 0 Å². The molecular weight excluding hydrogens is 258 g/mol. The second-order valence-corrected chi connectivity index (χ2v) is 5.87. The molecule has 2 atom stereocenters. The molecule has 0 aliphatic carbocycles. The van der Waals surface area contributed by atoms with Gasteiger partial charge in [-0.15, -0.1) is 0 Å². The van der Waals surface area contributed by atoms with Crippen LogP contribution in [0.3, 0.4) is 0 Å². The first kappa shape index (κ1) is 14.2. The molecule has 0 spiro atoms. The van der Waals surface area contributed by atoms with Gasteiger partial charge in [0.1, 0.15) is 5.75 Å². The van der Waals surface area contributed by atoms with Crippen molar-refractivity contribution in [1.82, 2.24) is 5.32 Å². The van der Waals surface area contributed by atoms with Gasteiger partial charge in [-0.2, -0.15) is 0 Å². The van der Waals surface area contributed by atoms with Crippen molar-refractivity contribution in [3.63, 3.8) is 0 Å². The third kappa shape index (κ3) is 3.64. The van der Waals surface area contributed by atoms with Crippen LogP contribution in [-0.2, 0) is 6.42 Å². The van der Waals surface area contributed by atoms with Gasteiger partial charge in [0.15, 0.2) is 0 Å². The van der Waals surface area contributed by atoms with E-state index in [2.05, 4.69) is 60.8 Å². The van der Waals surface area contributed by atoms with Crippen molar-refractivity contribution in [2.75, 3.05) is 13.2 Å². The van der Waals surface area contributed by atoms with E-state index in [0.29, 0.717) is 12.0 Å². The molecule has 0 radical (unpaired) electrons. The Labute approximate surface area is 127 Å². The SMILES string of the molecule is CC(Cc1ccccc1)NCC1CCOc2ccccc21. The van der Waals surface area contributed by atoms with Crippen LogP contribution in [0.15, 0.2) is 54.6 Å². The minimum absolute atomic E-state index is 0.488. The highest BCUT2D eigenvalue weighted by Crippen LogP contribution is 2.32. The molecule has 0 saturated carbocycles. The molecular formula is C19H23NO. The van der Waals surface area contributed by atoms with Gasteiger partial charge in [-0.3, -0.25) is 0 Å². The van der Waals surface area contributed by atoms with E-state index in [4.69, 9.17) is 4.74 Å². The summed E-state index contributed by atoms with van der Waals surface area (Å²) in [5.74, 6) is 1.62. The highest BCUT2D eigenvalue weighted by atomic mass is 16.5. The van der Waals surface area contributed by atoms with Crippen molar-refractivity contribution in [3.8, 4) is 5.75 Å². The van der Waals surface area contributed by atoms with Gasteiger partial charge in [0.25, 0.3) is 0 Å². The quantitative estimate of drug-likeness (QED) is 0.900. The Hall–Kier alpha value is -1.80. The zero-order valence-electron chi connectivity index (χ0n) is 12.6. The normalized spacial score (nSPS) is 18.6. The Balaban J connectivity index is 1.56. The third-order valence-electron chi connectivity index (χ3n) is 4.18. The summed E-state index contributed by atoms with van der Waals surface area (Å²) in [6, 6.07) is 19.6. The molecule has 1 N–H and O–H groups in total. The highest BCUT2D eigenvalue weighted by Gasteiger charge is 2.21. The third-order valence-corrected chi connectivity index (χ3v) is 4.18. The molecule has 3 rings (SSSR count). The Kier molecular flexibility index (Phi) is 4.56. The fourth-order valence-corrected chi connectivity index (χ4v) is 3.01. The molecule has 0 amide bonds. The molecule has 2 heteroatoms. The number of hydrogen-bond acceptors (Lipinski definition) is 2. The van der Waals surface area contributed by atoms with Crippen molar-refractivity contribution in [3.05, 3.63) is 65.7 Å². The van der Waals surface area contributed by atoms with E-state index in [1.165, 1.54) is 11.1 Å². The number of hydrogen-bond donors (Lipinski definition) is 1. The van der Waals surface area contributed by atoms with Gasteiger partial charge in [0.2, 0.25) is 0 Å². The highest BCUT2D eigenvalue weighted by molar-refractivity contribution is 5.37. The van der Waals surface area contributed by atoms with E-state index in [9.17, 15) is 0 Å². The van der Waals surface area contributed by atoms with E-state index in [1.807, 2.05) is 6.07 Å². The molecule has 2 aromatic rings. The molecule has 0 saturated heterocycles. The van der Waals surface area contributed by atoms with Crippen LogP contribution < -0.4 is 10.1 Å². The summed E-state index contributed by atoms with van der Waals surface area (Å²) in [5.41, 5.74) is 2.74. The van der Waals surface area contributed by atoms with Crippen LogP contribution >= 0.6 is 0 Å². The minimum atomic E-state index is 0.488. The van der Waals surface area contributed by atoms with Crippen LogP contribution in [0, 0.1) is 0 Å². The number of fused-ring (bicyclic) bond motifs is 1. The summed E-state index contributed by atoms with van der Waals surface area (Å²) in [4.78, 5) is 0. The molecule has 0 aromatic heterocycles. The maximum atomic E-state index is 5.73. The predicted octanol–water partition coefficient (Wildman–Crippen LogP) is 3.77. The van der Waals surface area contributed by atoms with Crippen LogP contribution in [0.25, 0.3) is 0 Å². The van der Waals surface area contributed by atoms with Crippen LogP contribution in [0.1, 0.15) is 30.4 Å². The van der Waals surface area contributed by atoms with Crippen LogP contribution in [-0.4, -0.2) is 19.2 Å². The fraction of sp³-hybridized carbons (Fsp3) is 0.368. The van der Waals surface area contributed by atoms with Crippen molar-refractivity contribution >= 4 is 0 Å². The van der Waals surface area contributed by atoms with Gasteiger partial charge in [-0.05, 0) is 37.0 Å². The van der Waals surface area contributed by atoms with E-state index >= 15 is 0 Å². The molecule has 21 heavy (non-hydrogen) atoms.